The number of aliphatic hydroxyl groups excluding tert-OH is 1. The molecule has 0 radical (unpaired) electrons. The van der Waals surface area contributed by atoms with E-state index in [1.807, 2.05) is 0 Å². The quantitative estimate of drug-likeness (QED) is 0.588. The predicted molar refractivity (Wildman–Crippen MR) is 50.5 cm³/mol. The summed E-state index contributed by atoms with van der Waals surface area (Å²) in [7, 11) is 3.32. The molecule has 7 nitrogen and oxygen atoms in total. The summed E-state index contributed by atoms with van der Waals surface area (Å²) in [5.41, 5.74) is -1.23. The van der Waals surface area contributed by atoms with Crippen LogP contribution in [0.4, 0.5) is 5.95 Å². The number of H-pyrrole nitrogens is 1. The molecule has 0 spiro atoms. The van der Waals surface area contributed by atoms with Crippen LogP contribution >= 0.6 is 0 Å². The van der Waals surface area contributed by atoms with Crippen molar-refractivity contribution in [1.29, 1.82) is 0 Å². The van der Waals surface area contributed by atoms with Crippen LogP contribution in [0.1, 0.15) is 0 Å². The van der Waals surface area contributed by atoms with E-state index in [-0.39, 0.29) is 19.1 Å². The molecule has 0 unspecified atom stereocenters. The summed E-state index contributed by atoms with van der Waals surface area (Å²) in [6.45, 7) is -0.319. The summed E-state index contributed by atoms with van der Waals surface area (Å²) in [5, 5.41) is 8.60. The molecule has 0 aliphatic carbocycles. The van der Waals surface area contributed by atoms with Gasteiger partial charge in [0.05, 0.1) is 13.2 Å². The highest BCUT2D eigenvalue weighted by Gasteiger charge is 2.05. The lowest BCUT2D eigenvalue weighted by Crippen LogP contribution is -2.39. The van der Waals surface area contributed by atoms with Gasteiger partial charge in [0.25, 0.3) is 0 Å². The monoisotopic (exact) mass is 200 g/mol. The van der Waals surface area contributed by atoms with Crippen molar-refractivity contribution in [2.24, 2.45) is 0 Å². The van der Waals surface area contributed by atoms with Crippen LogP contribution in [0.25, 0.3) is 0 Å². The van der Waals surface area contributed by atoms with Crippen molar-refractivity contribution >= 4 is 5.95 Å². The van der Waals surface area contributed by atoms with Crippen molar-refractivity contribution in [1.82, 2.24) is 14.5 Å². The molecular weight excluding hydrogens is 188 g/mol. The summed E-state index contributed by atoms with van der Waals surface area (Å²) in [5.74, 6) is 0.203. The van der Waals surface area contributed by atoms with E-state index in [1.165, 1.54) is 4.90 Å². The van der Waals surface area contributed by atoms with Gasteiger partial charge in [-0.25, -0.2) is 14.2 Å². The average Bonchev–Trinajstić information content (AvgIpc) is 2.10. The molecule has 1 aromatic heterocycles. The minimum atomic E-state index is -0.661. The molecule has 0 aliphatic rings. The van der Waals surface area contributed by atoms with Crippen LogP contribution in [0.5, 0.6) is 0 Å². The first-order chi connectivity index (χ1) is 6.56. The van der Waals surface area contributed by atoms with Gasteiger partial charge in [-0.1, -0.05) is 0 Å². The minimum Gasteiger partial charge on any atom is -0.395 e. The summed E-state index contributed by atoms with van der Waals surface area (Å²) in [6, 6.07) is 0. The predicted octanol–water partition coefficient (Wildman–Crippen LogP) is -2.01. The van der Waals surface area contributed by atoms with Gasteiger partial charge < -0.3 is 10.0 Å². The van der Waals surface area contributed by atoms with Crippen LogP contribution in [0.2, 0.25) is 0 Å². The van der Waals surface area contributed by atoms with Crippen LogP contribution in [0, 0.1) is 0 Å². The number of hydrogen-bond acceptors (Lipinski definition) is 5. The number of nitrogens with one attached hydrogen (secondary N) is 1. The largest absolute Gasteiger partial charge is 0.395 e. The van der Waals surface area contributed by atoms with Crippen LogP contribution in [-0.2, 0) is 6.54 Å². The van der Waals surface area contributed by atoms with Crippen LogP contribution in [-0.4, -0.2) is 40.3 Å². The first kappa shape index (κ1) is 10.5. The Morgan fingerprint density at radius 1 is 1.50 bits per heavy atom. The number of anilines is 1. The highest BCUT2D eigenvalue weighted by Crippen LogP contribution is 1.92. The van der Waals surface area contributed by atoms with Crippen molar-refractivity contribution in [2.75, 3.05) is 25.6 Å². The molecule has 0 aliphatic heterocycles. The summed E-state index contributed by atoms with van der Waals surface area (Å²) >= 11 is 0. The third-order valence-corrected chi connectivity index (χ3v) is 1.64. The lowest BCUT2D eigenvalue weighted by atomic mass is 10.6. The molecule has 1 rings (SSSR count). The Kier molecular flexibility index (Phi) is 3.03. The summed E-state index contributed by atoms with van der Waals surface area (Å²) in [6.07, 6.45) is 0. The Hall–Kier alpha value is -1.63. The molecule has 0 saturated carbocycles. The van der Waals surface area contributed by atoms with Gasteiger partial charge in [-0.2, -0.15) is 4.98 Å². The number of nitrogens with zero attached hydrogens (tertiary/aromatic N) is 3. The summed E-state index contributed by atoms with van der Waals surface area (Å²) < 4.78 is 0.840. The molecule has 0 saturated heterocycles. The molecule has 14 heavy (non-hydrogen) atoms. The van der Waals surface area contributed by atoms with Crippen molar-refractivity contribution in [3.63, 3.8) is 0 Å². The van der Waals surface area contributed by atoms with E-state index in [1.54, 1.807) is 14.1 Å². The highest BCUT2D eigenvalue weighted by atomic mass is 16.3. The molecule has 7 heteroatoms. The maximum atomic E-state index is 11.3. The number of hydrogen-bond donors (Lipinski definition) is 2. The Balaban J connectivity index is 3.26. The maximum absolute atomic E-state index is 11.3. The summed E-state index contributed by atoms with van der Waals surface area (Å²) in [4.78, 5) is 30.1. The van der Waals surface area contributed by atoms with Crippen molar-refractivity contribution in [3.05, 3.63) is 21.0 Å². The van der Waals surface area contributed by atoms with Gasteiger partial charge in [0.1, 0.15) is 0 Å². The Morgan fingerprint density at radius 2 is 2.14 bits per heavy atom. The van der Waals surface area contributed by atoms with Gasteiger partial charge in [0.15, 0.2) is 0 Å². The number of aromatic nitrogens is 3. The number of aromatic amines is 1. The third-order valence-electron chi connectivity index (χ3n) is 1.64. The van der Waals surface area contributed by atoms with Gasteiger partial charge in [0.2, 0.25) is 5.95 Å². The van der Waals surface area contributed by atoms with Crippen molar-refractivity contribution in [3.8, 4) is 0 Å². The minimum absolute atomic E-state index is 0.0468. The molecule has 0 atom stereocenters. The molecule has 78 valence electrons. The normalized spacial score (nSPS) is 10.2. The first-order valence-electron chi connectivity index (χ1n) is 4.05. The molecular formula is C7H12N4O3. The molecule has 0 fully saturated rings. The van der Waals surface area contributed by atoms with Gasteiger partial charge in [-0.15, -0.1) is 0 Å². The molecule has 0 aromatic carbocycles. The van der Waals surface area contributed by atoms with E-state index in [4.69, 9.17) is 5.11 Å². The fourth-order valence-corrected chi connectivity index (χ4v) is 0.938. The fraction of sp³-hybridized carbons (Fsp3) is 0.571. The highest BCUT2D eigenvalue weighted by molar-refractivity contribution is 5.23. The lowest BCUT2D eigenvalue weighted by molar-refractivity contribution is 0.270. The van der Waals surface area contributed by atoms with E-state index in [9.17, 15) is 9.59 Å². The Labute approximate surface area is 79.6 Å². The second-order valence-electron chi connectivity index (χ2n) is 2.92. The Morgan fingerprint density at radius 3 is 2.57 bits per heavy atom. The lowest BCUT2D eigenvalue weighted by Gasteiger charge is -2.10. The van der Waals surface area contributed by atoms with Gasteiger partial charge in [-0.05, 0) is 0 Å². The second kappa shape index (κ2) is 4.05. The van der Waals surface area contributed by atoms with E-state index in [0.29, 0.717) is 0 Å². The van der Waals surface area contributed by atoms with Crippen molar-refractivity contribution in [2.45, 2.75) is 6.54 Å². The standard InChI is InChI=1S/C7H12N4O3/c1-10(2)5-8-6(13)11(3-4-12)7(14)9-5/h12H,3-4H2,1-2H3,(H,8,9,13,14). The van der Waals surface area contributed by atoms with Crippen LogP contribution < -0.4 is 16.3 Å². The topological polar surface area (TPSA) is 91.2 Å². The van der Waals surface area contributed by atoms with Crippen LogP contribution in [0.3, 0.4) is 0 Å². The molecule has 0 bridgehead atoms. The van der Waals surface area contributed by atoms with E-state index in [2.05, 4.69) is 9.97 Å². The zero-order valence-corrected chi connectivity index (χ0v) is 8.02. The number of aliphatic hydroxyl groups is 1. The molecule has 1 aromatic rings. The van der Waals surface area contributed by atoms with Gasteiger partial charge in [-0.3, -0.25) is 4.98 Å². The van der Waals surface area contributed by atoms with Crippen LogP contribution in [0.15, 0.2) is 9.59 Å². The molecule has 2 N–H and O–H groups in total. The van der Waals surface area contributed by atoms with E-state index < -0.39 is 11.4 Å². The number of rotatable bonds is 3. The smallest absolute Gasteiger partial charge is 0.355 e. The van der Waals surface area contributed by atoms with E-state index >= 15 is 0 Å². The van der Waals surface area contributed by atoms with E-state index in [0.717, 1.165) is 4.57 Å². The fourth-order valence-electron chi connectivity index (χ4n) is 0.938. The zero-order chi connectivity index (χ0) is 10.7. The first-order valence-corrected chi connectivity index (χ1v) is 4.05. The van der Waals surface area contributed by atoms with Gasteiger partial charge >= 0.3 is 11.4 Å². The zero-order valence-electron chi connectivity index (χ0n) is 8.02. The maximum Gasteiger partial charge on any atom is 0.355 e. The molecule has 1 heterocycles. The Bertz CT molecular complexity index is 388. The third kappa shape index (κ3) is 1.99. The SMILES string of the molecule is CN(C)c1nc(=O)n(CCO)c(=O)[nH]1. The van der Waals surface area contributed by atoms with Crippen molar-refractivity contribution < 1.29 is 5.11 Å². The second-order valence-corrected chi connectivity index (χ2v) is 2.92. The van der Waals surface area contributed by atoms with Gasteiger partial charge in [0, 0.05) is 14.1 Å². The molecule has 0 amide bonds. The average molecular weight is 200 g/mol.